The molecule has 2 aliphatic heterocycles. The zero-order valence-corrected chi connectivity index (χ0v) is 31.4. The number of nitrogens with one attached hydrogen (secondary N) is 5. The molecular formula is C42H51N7O6. The Bertz CT molecular complexity index is 1850. The Labute approximate surface area is 322 Å². The quantitative estimate of drug-likeness (QED) is 0.0737. The van der Waals surface area contributed by atoms with Crippen molar-refractivity contribution in [2.24, 2.45) is 11.0 Å². The third-order valence-corrected chi connectivity index (χ3v) is 10.5. The van der Waals surface area contributed by atoms with Gasteiger partial charge in [-0.25, -0.2) is 5.43 Å². The summed E-state index contributed by atoms with van der Waals surface area (Å²) in [5.74, 6) is -2.29. The lowest BCUT2D eigenvalue weighted by atomic mass is 9.90. The molecule has 2 fully saturated rings. The van der Waals surface area contributed by atoms with Gasteiger partial charge in [-0.15, -0.1) is 6.58 Å². The normalized spacial score (nSPS) is 20.5. The highest BCUT2D eigenvalue weighted by Gasteiger charge is 2.48. The number of para-hydroxylation sites is 1. The van der Waals surface area contributed by atoms with Crippen LogP contribution in [0.25, 0.3) is 0 Å². The number of amides is 5. The van der Waals surface area contributed by atoms with E-state index in [-0.39, 0.29) is 35.4 Å². The standard InChI is InChI=1S/C42H51N7O6/c1-4-13-29-18-12-19-31(37(29)50)26-45-48-41(54)35(27-14-8-6-9-15-27)46-40(53)34-23-22-32-21-20-28(24-25-44-38(51)30-16-10-7-11-17-30)36(42(55)49(32)34)47-39(52)33(5-2)43-3/h4,6-12,14-19,26,28,32-36,43,50H,1,5,13,20-25H2,2-3H3,(H,44,51)(H,46,53)(H,47,52)(H,48,54)/b45-26+/t28-,32+,33+,34+,35+,36+/m1/s1. The minimum atomic E-state index is -1.15. The molecule has 0 saturated carbocycles. The summed E-state index contributed by atoms with van der Waals surface area (Å²) in [6.45, 7) is 5.88. The van der Waals surface area contributed by atoms with Gasteiger partial charge < -0.3 is 31.3 Å². The van der Waals surface area contributed by atoms with Crippen molar-refractivity contribution < 1.29 is 29.1 Å². The molecule has 0 aliphatic carbocycles. The van der Waals surface area contributed by atoms with Gasteiger partial charge >= 0.3 is 0 Å². The number of hydrazone groups is 1. The maximum absolute atomic E-state index is 14.6. The first-order chi connectivity index (χ1) is 26.7. The van der Waals surface area contributed by atoms with E-state index in [1.807, 2.05) is 13.0 Å². The van der Waals surface area contributed by atoms with Crippen molar-refractivity contribution >= 4 is 35.8 Å². The molecule has 0 radical (unpaired) electrons. The van der Waals surface area contributed by atoms with Crippen LogP contribution in [0.1, 0.15) is 78.5 Å². The fourth-order valence-electron chi connectivity index (χ4n) is 7.47. The lowest BCUT2D eigenvalue weighted by Crippen LogP contribution is -2.58. The van der Waals surface area contributed by atoms with Crippen LogP contribution in [0.15, 0.2) is 96.6 Å². The van der Waals surface area contributed by atoms with Crippen LogP contribution in [0.3, 0.4) is 0 Å². The number of hydrogen-bond acceptors (Lipinski definition) is 8. The van der Waals surface area contributed by atoms with Crippen LogP contribution in [-0.4, -0.2) is 83.5 Å². The van der Waals surface area contributed by atoms with Crippen molar-refractivity contribution in [3.63, 3.8) is 0 Å². The van der Waals surface area contributed by atoms with E-state index in [0.29, 0.717) is 73.7 Å². The lowest BCUT2D eigenvalue weighted by molar-refractivity contribution is -0.144. The predicted octanol–water partition coefficient (Wildman–Crippen LogP) is 3.50. The topological polar surface area (TPSA) is 181 Å². The fourth-order valence-corrected chi connectivity index (χ4v) is 7.47. The molecule has 6 atom stereocenters. The first-order valence-electron chi connectivity index (χ1n) is 18.9. The first kappa shape index (κ1) is 40.4. The number of hydrogen-bond donors (Lipinski definition) is 6. The van der Waals surface area contributed by atoms with Gasteiger partial charge in [-0.3, -0.25) is 24.0 Å². The molecule has 0 aromatic heterocycles. The molecule has 0 spiro atoms. The maximum atomic E-state index is 14.6. The third kappa shape index (κ3) is 10.0. The molecule has 2 heterocycles. The number of phenolic OH excluding ortho intramolecular Hbond substituents is 1. The van der Waals surface area contributed by atoms with Gasteiger partial charge in [0.1, 0.15) is 23.9 Å². The smallest absolute Gasteiger partial charge is 0.267 e. The number of fused-ring (bicyclic) bond motifs is 1. The lowest BCUT2D eigenvalue weighted by Gasteiger charge is -2.33. The zero-order chi connectivity index (χ0) is 39.3. The van der Waals surface area contributed by atoms with Crippen LogP contribution in [0.4, 0.5) is 0 Å². The number of allylic oxidation sites excluding steroid dienone is 1. The van der Waals surface area contributed by atoms with Crippen LogP contribution < -0.4 is 26.7 Å². The van der Waals surface area contributed by atoms with E-state index in [9.17, 15) is 29.1 Å². The average molecular weight is 750 g/mol. The van der Waals surface area contributed by atoms with Gasteiger partial charge in [-0.05, 0) is 87.2 Å². The number of likely N-dealkylation sites (N-methyl/N-ethyl adjacent to an activating group) is 1. The molecule has 290 valence electrons. The van der Waals surface area contributed by atoms with Crippen molar-refractivity contribution in [3.8, 4) is 5.75 Å². The first-order valence-corrected chi connectivity index (χ1v) is 18.9. The van der Waals surface area contributed by atoms with E-state index in [1.165, 1.54) is 6.21 Å². The van der Waals surface area contributed by atoms with Crippen molar-refractivity contribution in [3.05, 3.63) is 114 Å². The minimum Gasteiger partial charge on any atom is -0.507 e. The second kappa shape index (κ2) is 19.5. The summed E-state index contributed by atoms with van der Waals surface area (Å²) in [7, 11) is 1.69. The van der Waals surface area contributed by atoms with E-state index in [1.54, 1.807) is 90.8 Å². The molecule has 13 nitrogen and oxygen atoms in total. The monoisotopic (exact) mass is 749 g/mol. The highest BCUT2D eigenvalue weighted by atomic mass is 16.3. The van der Waals surface area contributed by atoms with Crippen molar-refractivity contribution in [1.82, 2.24) is 31.6 Å². The Hall–Kier alpha value is -5.82. The van der Waals surface area contributed by atoms with Gasteiger partial charge in [0.15, 0.2) is 0 Å². The Balaban J connectivity index is 1.33. The molecule has 0 bridgehead atoms. The molecule has 6 N–H and O–H groups in total. The van der Waals surface area contributed by atoms with Crippen molar-refractivity contribution in [2.45, 2.75) is 82.1 Å². The number of benzene rings is 3. The van der Waals surface area contributed by atoms with E-state index >= 15 is 0 Å². The number of carbonyl (C=O) groups excluding carboxylic acids is 5. The second-order valence-corrected chi connectivity index (χ2v) is 13.9. The third-order valence-electron chi connectivity index (χ3n) is 10.5. The van der Waals surface area contributed by atoms with Crippen LogP contribution >= 0.6 is 0 Å². The summed E-state index contributed by atoms with van der Waals surface area (Å²) in [5.41, 5.74) is 4.59. The van der Waals surface area contributed by atoms with Gasteiger partial charge in [-0.1, -0.05) is 73.7 Å². The highest BCUT2D eigenvalue weighted by molar-refractivity contribution is 5.96. The highest BCUT2D eigenvalue weighted by Crippen LogP contribution is 2.35. The number of phenols is 1. The van der Waals surface area contributed by atoms with E-state index in [2.05, 4.69) is 38.4 Å². The zero-order valence-electron chi connectivity index (χ0n) is 31.4. The van der Waals surface area contributed by atoms with Crippen LogP contribution in [0, 0.1) is 5.92 Å². The second-order valence-electron chi connectivity index (χ2n) is 13.9. The van der Waals surface area contributed by atoms with Crippen LogP contribution in [0.2, 0.25) is 0 Å². The van der Waals surface area contributed by atoms with Gasteiger partial charge in [-0.2, -0.15) is 5.10 Å². The van der Waals surface area contributed by atoms with Crippen LogP contribution in [-0.2, 0) is 25.6 Å². The molecular weight excluding hydrogens is 699 g/mol. The Kier molecular flexibility index (Phi) is 14.3. The van der Waals surface area contributed by atoms with Gasteiger partial charge in [0, 0.05) is 23.7 Å². The fraction of sp³-hybridized carbons (Fsp3) is 0.381. The predicted molar refractivity (Wildman–Crippen MR) is 210 cm³/mol. The molecule has 5 rings (SSSR count). The maximum Gasteiger partial charge on any atom is 0.267 e. The number of rotatable bonds is 16. The van der Waals surface area contributed by atoms with E-state index in [4.69, 9.17) is 0 Å². The van der Waals surface area contributed by atoms with E-state index < -0.39 is 36.0 Å². The van der Waals surface area contributed by atoms with Crippen LogP contribution in [0.5, 0.6) is 5.75 Å². The van der Waals surface area contributed by atoms with Crippen molar-refractivity contribution in [2.75, 3.05) is 13.6 Å². The summed E-state index contributed by atoms with van der Waals surface area (Å²) < 4.78 is 0. The average Bonchev–Trinajstić information content (AvgIpc) is 3.58. The molecule has 2 saturated heterocycles. The van der Waals surface area contributed by atoms with Crippen molar-refractivity contribution in [1.29, 1.82) is 0 Å². The minimum absolute atomic E-state index is 0.0241. The molecule has 0 unspecified atom stereocenters. The number of carbonyl (C=O) groups is 5. The summed E-state index contributed by atoms with van der Waals surface area (Å²) in [6.07, 6.45) is 6.59. The summed E-state index contributed by atoms with van der Waals surface area (Å²) in [6, 6.07) is 19.1. The SMILES string of the molecule is C=CCc1cccc(/C=N/NC(=O)[C@@H](NC(=O)[C@@H]2CC[C@@H]3CC[C@H](CCNC(=O)c4ccccc4)[C@H](NC(=O)[C@H](CC)NC)C(=O)N32)c2ccccc2)c1O. The Morgan fingerprint density at radius 1 is 0.945 bits per heavy atom. The summed E-state index contributed by atoms with van der Waals surface area (Å²) in [4.78, 5) is 70.1. The number of aromatic hydroxyl groups is 1. The molecule has 13 heteroatoms. The largest absolute Gasteiger partial charge is 0.507 e. The molecule has 55 heavy (non-hydrogen) atoms. The Morgan fingerprint density at radius 3 is 2.35 bits per heavy atom. The van der Waals surface area contributed by atoms with Gasteiger partial charge in [0.2, 0.25) is 17.7 Å². The molecule has 2 aliphatic rings. The summed E-state index contributed by atoms with van der Waals surface area (Å²) in [5, 5.41) is 26.5. The number of nitrogens with zero attached hydrogens (tertiary/aromatic N) is 2. The molecule has 3 aromatic carbocycles. The van der Waals surface area contributed by atoms with E-state index in [0.717, 1.165) is 0 Å². The Morgan fingerprint density at radius 2 is 1.65 bits per heavy atom. The van der Waals surface area contributed by atoms with Gasteiger partial charge in [0.05, 0.1) is 12.3 Å². The summed E-state index contributed by atoms with van der Waals surface area (Å²) >= 11 is 0. The molecule has 3 aromatic rings. The van der Waals surface area contributed by atoms with Gasteiger partial charge in [0.25, 0.3) is 11.8 Å². The molecule has 5 amide bonds.